The highest BCUT2D eigenvalue weighted by atomic mass is 35.5. The predicted octanol–water partition coefficient (Wildman–Crippen LogP) is 4.43. The van der Waals surface area contributed by atoms with Crippen molar-refractivity contribution >= 4 is 35.0 Å². The summed E-state index contributed by atoms with van der Waals surface area (Å²) in [6.45, 7) is 2.07. The molecule has 0 fully saturated rings. The molecule has 162 valence electrons. The second-order valence-corrected chi connectivity index (χ2v) is 8.54. The molecule has 2 atom stereocenters. The number of thioether (sulfide) groups is 1. The zero-order valence-electron chi connectivity index (χ0n) is 16.9. The number of fused-ring (bicyclic) bond motifs is 1. The molecule has 10 heteroatoms. The molecular weight excluding hydrogens is 441 g/mol. The normalized spacial score (nSPS) is 17.5. The van der Waals surface area contributed by atoms with Gasteiger partial charge in [0, 0.05) is 12.1 Å². The van der Waals surface area contributed by atoms with Crippen LogP contribution < -0.4 is 15.5 Å². The van der Waals surface area contributed by atoms with Gasteiger partial charge in [0.25, 0.3) is 0 Å². The Morgan fingerprint density at radius 2 is 2.06 bits per heavy atom. The van der Waals surface area contributed by atoms with Crippen molar-refractivity contribution in [2.45, 2.75) is 36.2 Å². The van der Waals surface area contributed by atoms with E-state index in [1.165, 1.54) is 36.0 Å². The Labute approximate surface area is 188 Å². The summed E-state index contributed by atoms with van der Waals surface area (Å²) in [5.74, 6) is 0.742. The average Bonchev–Trinajstić information content (AvgIpc) is 3.16. The Morgan fingerprint density at radius 1 is 1.29 bits per heavy atom. The number of aryl methyl sites for hydroxylation is 1. The van der Waals surface area contributed by atoms with E-state index in [2.05, 4.69) is 27.9 Å². The molecule has 0 aliphatic carbocycles. The fraction of sp³-hybridized carbons (Fsp3) is 0.286. The lowest BCUT2D eigenvalue weighted by atomic mass is 10.0. The van der Waals surface area contributed by atoms with Gasteiger partial charge in [-0.15, -0.1) is 10.2 Å². The number of halogens is 2. The zero-order valence-corrected chi connectivity index (χ0v) is 18.5. The van der Waals surface area contributed by atoms with E-state index in [0.29, 0.717) is 21.6 Å². The number of carbonyl (C=O) groups excluding carboxylic acids is 1. The first-order chi connectivity index (χ1) is 15.0. The summed E-state index contributed by atoms with van der Waals surface area (Å²) in [5.41, 5.74) is 4.72. The SMILES string of the molecule is CCCc1nnc2n1N[C@H](c1ccc(OC)c(Cl)c1)[C@H](C(=O)Nc1ccc(F)cc1)S2. The number of hydrogen-bond acceptors (Lipinski definition) is 6. The van der Waals surface area contributed by atoms with Crippen LogP contribution in [0.3, 0.4) is 0 Å². The molecule has 1 aromatic heterocycles. The third-order valence-electron chi connectivity index (χ3n) is 4.88. The van der Waals surface area contributed by atoms with Gasteiger partial charge < -0.3 is 15.5 Å². The third-order valence-corrected chi connectivity index (χ3v) is 6.39. The Morgan fingerprint density at radius 3 is 2.74 bits per heavy atom. The lowest BCUT2D eigenvalue weighted by Crippen LogP contribution is -2.41. The van der Waals surface area contributed by atoms with E-state index in [0.717, 1.165) is 24.2 Å². The Bertz CT molecular complexity index is 1090. The number of aromatic nitrogens is 3. The topological polar surface area (TPSA) is 81.1 Å². The molecule has 4 rings (SSSR count). The van der Waals surface area contributed by atoms with Gasteiger partial charge in [-0.3, -0.25) is 4.79 Å². The van der Waals surface area contributed by atoms with Gasteiger partial charge in [-0.25, -0.2) is 9.07 Å². The van der Waals surface area contributed by atoms with Crippen LogP contribution in [0.4, 0.5) is 10.1 Å². The summed E-state index contributed by atoms with van der Waals surface area (Å²) >= 11 is 7.67. The number of carbonyl (C=O) groups is 1. The molecule has 31 heavy (non-hydrogen) atoms. The molecule has 0 saturated carbocycles. The van der Waals surface area contributed by atoms with Crippen LogP contribution >= 0.6 is 23.4 Å². The molecule has 0 saturated heterocycles. The van der Waals surface area contributed by atoms with Crippen molar-refractivity contribution in [2.75, 3.05) is 17.9 Å². The van der Waals surface area contributed by atoms with Crippen molar-refractivity contribution in [3.8, 4) is 5.75 Å². The predicted molar refractivity (Wildman–Crippen MR) is 119 cm³/mol. The van der Waals surface area contributed by atoms with Gasteiger partial charge >= 0.3 is 0 Å². The molecule has 1 aliphatic rings. The maximum absolute atomic E-state index is 13.2. The zero-order chi connectivity index (χ0) is 22.0. The van der Waals surface area contributed by atoms with E-state index in [-0.39, 0.29) is 11.7 Å². The minimum Gasteiger partial charge on any atom is -0.495 e. The van der Waals surface area contributed by atoms with Crippen LogP contribution in [0.5, 0.6) is 5.75 Å². The molecule has 0 bridgehead atoms. The van der Waals surface area contributed by atoms with E-state index in [1.54, 1.807) is 19.2 Å². The lowest BCUT2D eigenvalue weighted by molar-refractivity contribution is -0.116. The van der Waals surface area contributed by atoms with Crippen LogP contribution in [-0.4, -0.2) is 33.1 Å². The number of hydrogen-bond donors (Lipinski definition) is 2. The van der Waals surface area contributed by atoms with Crippen LogP contribution in [0.2, 0.25) is 5.02 Å². The van der Waals surface area contributed by atoms with Crippen LogP contribution in [0.15, 0.2) is 47.6 Å². The maximum Gasteiger partial charge on any atom is 0.240 e. The number of methoxy groups -OCH3 is 1. The van der Waals surface area contributed by atoms with E-state index in [1.807, 2.05) is 10.7 Å². The van der Waals surface area contributed by atoms with Crippen molar-refractivity contribution in [3.63, 3.8) is 0 Å². The summed E-state index contributed by atoms with van der Waals surface area (Å²) in [6.07, 6.45) is 1.67. The minimum absolute atomic E-state index is 0.243. The number of amides is 1. The van der Waals surface area contributed by atoms with Gasteiger partial charge in [0.2, 0.25) is 11.1 Å². The molecule has 7 nitrogen and oxygen atoms in total. The van der Waals surface area contributed by atoms with Crippen LogP contribution in [0.25, 0.3) is 0 Å². The third kappa shape index (κ3) is 4.47. The number of nitrogens with zero attached hydrogens (tertiary/aromatic N) is 3. The summed E-state index contributed by atoms with van der Waals surface area (Å²) in [6, 6.07) is 10.7. The van der Waals surface area contributed by atoms with E-state index in [4.69, 9.17) is 16.3 Å². The first-order valence-electron chi connectivity index (χ1n) is 9.77. The lowest BCUT2D eigenvalue weighted by Gasteiger charge is -2.33. The number of ether oxygens (including phenoxy) is 1. The monoisotopic (exact) mass is 461 g/mol. The molecule has 1 aliphatic heterocycles. The van der Waals surface area contributed by atoms with Gasteiger partial charge in [-0.2, -0.15) is 0 Å². The number of nitrogens with one attached hydrogen (secondary N) is 2. The van der Waals surface area contributed by atoms with E-state index >= 15 is 0 Å². The van der Waals surface area contributed by atoms with Crippen molar-refractivity contribution in [3.05, 3.63) is 64.7 Å². The first-order valence-corrected chi connectivity index (χ1v) is 11.0. The largest absolute Gasteiger partial charge is 0.495 e. The molecule has 0 unspecified atom stereocenters. The Hall–Kier alpha value is -2.78. The number of rotatable bonds is 6. The quantitative estimate of drug-likeness (QED) is 0.565. The van der Waals surface area contributed by atoms with Gasteiger partial charge in [0.1, 0.15) is 16.8 Å². The van der Waals surface area contributed by atoms with E-state index < -0.39 is 11.3 Å². The number of anilines is 1. The highest BCUT2D eigenvalue weighted by Crippen LogP contribution is 2.39. The smallest absolute Gasteiger partial charge is 0.240 e. The fourth-order valence-electron chi connectivity index (χ4n) is 3.36. The van der Waals surface area contributed by atoms with Gasteiger partial charge in [-0.1, -0.05) is 36.4 Å². The molecule has 0 radical (unpaired) electrons. The fourth-order valence-corrected chi connectivity index (χ4v) is 4.72. The van der Waals surface area contributed by atoms with Gasteiger partial charge in [-0.05, 0) is 48.4 Å². The molecule has 2 heterocycles. The van der Waals surface area contributed by atoms with Gasteiger partial charge in [0.05, 0.1) is 18.2 Å². The molecule has 2 aromatic carbocycles. The Balaban J connectivity index is 1.68. The molecule has 0 spiro atoms. The van der Waals surface area contributed by atoms with Gasteiger partial charge in [0.15, 0.2) is 5.82 Å². The minimum atomic E-state index is -0.569. The standard InChI is InChI=1S/C21H21ClFN5O2S/c1-3-4-17-25-26-21-28(17)27-18(12-5-10-16(30-2)15(22)11-12)19(31-21)20(29)24-14-8-6-13(23)7-9-14/h5-11,18-19,27H,3-4H2,1-2H3,(H,24,29)/t18-,19-/m1/s1. The summed E-state index contributed by atoms with van der Waals surface area (Å²) in [7, 11) is 1.55. The maximum atomic E-state index is 13.2. The average molecular weight is 462 g/mol. The molecular formula is C21H21ClFN5O2S. The molecule has 1 amide bonds. The molecule has 3 aromatic rings. The summed E-state index contributed by atoms with van der Waals surface area (Å²) < 4.78 is 20.3. The van der Waals surface area contributed by atoms with Crippen molar-refractivity contribution in [1.29, 1.82) is 0 Å². The van der Waals surface area contributed by atoms with Crippen LogP contribution in [0.1, 0.15) is 30.8 Å². The highest BCUT2D eigenvalue weighted by molar-refractivity contribution is 8.00. The summed E-state index contributed by atoms with van der Waals surface area (Å²) in [4.78, 5) is 13.2. The second-order valence-electron chi connectivity index (χ2n) is 7.02. The Kier molecular flexibility index (Phi) is 6.33. The second kappa shape index (κ2) is 9.15. The van der Waals surface area contributed by atoms with Crippen LogP contribution in [0, 0.1) is 5.82 Å². The van der Waals surface area contributed by atoms with E-state index in [9.17, 15) is 9.18 Å². The van der Waals surface area contributed by atoms with Crippen LogP contribution in [-0.2, 0) is 11.2 Å². The first kappa shape index (κ1) is 21.5. The highest BCUT2D eigenvalue weighted by Gasteiger charge is 2.38. The van der Waals surface area contributed by atoms with Crippen molar-refractivity contribution < 1.29 is 13.9 Å². The van der Waals surface area contributed by atoms with Crippen molar-refractivity contribution in [1.82, 2.24) is 14.9 Å². The number of benzene rings is 2. The summed E-state index contributed by atoms with van der Waals surface area (Å²) in [5, 5.41) is 11.8. The van der Waals surface area contributed by atoms with Crippen molar-refractivity contribution in [2.24, 2.45) is 0 Å². The molecule has 2 N–H and O–H groups in total.